The summed E-state index contributed by atoms with van der Waals surface area (Å²) in [7, 11) is 0. The molecule has 98 valence electrons. The lowest BCUT2D eigenvalue weighted by molar-refractivity contribution is 0.102. The van der Waals surface area contributed by atoms with Crippen LogP contribution in [0.2, 0.25) is 0 Å². The van der Waals surface area contributed by atoms with Crippen molar-refractivity contribution in [1.82, 2.24) is 0 Å². The number of nitrogens with two attached hydrogens (primary N) is 1. The molecule has 0 aliphatic carbocycles. The predicted molar refractivity (Wildman–Crippen MR) is 77.6 cm³/mol. The van der Waals surface area contributed by atoms with Crippen molar-refractivity contribution in [3.63, 3.8) is 0 Å². The van der Waals surface area contributed by atoms with Gasteiger partial charge < -0.3 is 11.1 Å². The zero-order valence-electron chi connectivity index (χ0n) is 10.2. The van der Waals surface area contributed by atoms with Crippen LogP contribution < -0.4 is 11.1 Å². The summed E-state index contributed by atoms with van der Waals surface area (Å²) >= 11 is 3.41. The molecule has 0 atom stereocenters. The van der Waals surface area contributed by atoms with Gasteiger partial charge in [-0.2, -0.15) is 0 Å². The summed E-state index contributed by atoms with van der Waals surface area (Å²) < 4.78 is 13.7. The van der Waals surface area contributed by atoms with Gasteiger partial charge in [0.2, 0.25) is 0 Å². The van der Waals surface area contributed by atoms with Gasteiger partial charge in [0.1, 0.15) is 5.82 Å². The van der Waals surface area contributed by atoms with Gasteiger partial charge in [0.25, 0.3) is 5.91 Å². The largest absolute Gasteiger partial charge is 0.398 e. The normalized spacial score (nSPS) is 10.3. The number of anilines is 2. The fourth-order valence-electron chi connectivity index (χ4n) is 1.67. The van der Waals surface area contributed by atoms with Gasteiger partial charge in [-0.3, -0.25) is 4.79 Å². The van der Waals surface area contributed by atoms with E-state index in [0.717, 1.165) is 16.1 Å². The van der Waals surface area contributed by atoms with Crippen molar-refractivity contribution in [3.05, 3.63) is 57.8 Å². The molecule has 19 heavy (non-hydrogen) atoms. The highest BCUT2D eigenvalue weighted by atomic mass is 79.9. The first-order valence-electron chi connectivity index (χ1n) is 5.60. The van der Waals surface area contributed by atoms with Crippen LogP contribution in [0.15, 0.2) is 40.9 Å². The van der Waals surface area contributed by atoms with E-state index in [2.05, 4.69) is 21.2 Å². The second kappa shape index (κ2) is 5.40. The maximum Gasteiger partial charge on any atom is 0.257 e. The maximum atomic E-state index is 12.9. The lowest BCUT2D eigenvalue weighted by atomic mass is 10.1. The van der Waals surface area contributed by atoms with Gasteiger partial charge in [0, 0.05) is 10.2 Å². The minimum atomic E-state index is -0.467. The molecule has 0 heterocycles. The third kappa shape index (κ3) is 2.93. The lowest BCUT2D eigenvalue weighted by Crippen LogP contribution is -2.14. The van der Waals surface area contributed by atoms with Crippen LogP contribution in [0.4, 0.5) is 15.8 Å². The molecule has 0 radical (unpaired) electrons. The topological polar surface area (TPSA) is 55.1 Å². The van der Waals surface area contributed by atoms with Crippen LogP contribution in [-0.2, 0) is 0 Å². The molecule has 0 aromatic heterocycles. The summed E-state index contributed by atoms with van der Waals surface area (Å²) in [5, 5.41) is 2.74. The molecule has 0 unspecified atom stereocenters. The highest BCUT2D eigenvalue weighted by molar-refractivity contribution is 9.10. The highest BCUT2D eigenvalue weighted by Crippen LogP contribution is 2.26. The Morgan fingerprint density at radius 2 is 2.05 bits per heavy atom. The Labute approximate surface area is 118 Å². The van der Waals surface area contributed by atoms with E-state index in [9.17, 15) is 9.18 Å². The number of carbonyl (C=O) groups excluding carboxylic acids is 1. The quantitative estimate of drug-likeness (QED) is 0.828. The summed E-state index contributed by atoms with van der Waals surface area (Å²) in [5.74, 6) is -0.838. The molecular weight excluding hydrogens is 311 g/mol. The zero-order valence-corrected chi connectivity index (χ0v) is 11.8. The maximum absolute atomic E-state index is 12.9. The van der Waals surface area contributed by atoms with Crippen LogP contribution in [0.1, 0.15) is 15.9 Å². The summed E-state index contributed by atoms with van der Waals surface area (Å²) in [4.78, 5) is 12.1. The summed E-state index contributed by atoms with van der Waals surface area (Å²) in [6.07, 6.45) is 0. The number of hydrogen-bond donors (Lipinski definition) is 2. The van der Waals surface area contributed by atoms with Gasteiger partial charge in [0.15, 0.2) is 0 Å². The first-order chi connectivity index (χ1) is 8.99. The number of nitrogen functional groups attached to an aromatic ring is 1. The van der Waals surface area contributed by atoms with Crippen LogP contribution in [0.25, 0.3) is 0 Å². The van der Waals surface area contributed by atoms with E-state index in [-0.39, 0.29) is 17.2 Å². The Morgan fingerprint density at radius 1 is 1.32 bits per heavy atom. The third-order valence-corrected chi connectivity index (χ3v) is 3.75. The molecule has 2 rings (SSSR count). The predicted octanol–water partition coefficient (Wildman–Crippen LogP) is 3.73. The second-order valence-electron chi connectivity index (χ2n) is 4.12. The summed E-state index contributed by atoms with van der Waals surface area (Å²) in [5.41, 5.74) is 7.64. The zero-order chi connectivity index (χ0) is 14.0. The van der Waals surface area contributed by atoms with Crippen molar-refractivity contribution in [2.75, 3.05) is 11.1 Å². The fourth-order valence-corrected chi connectivity index (χ4v) is 2.04. The van der Waals surface area contributed by atoms with Crippen LogP contribution in [0.3, 0.4) is 0 Å². The first-order valence-corrected chi connectivity index (χ1v) is 6.40. The Hall–Kier alpha value is -1.88. The number of hydrogen-bond acceptors (Lipinski definition) is 2. The van der Waals surface area contributed by atoms with Crippen molar-refractivity contribution in [1.29, 1.82) is 0 Å². The molecule has 0 saturated carbocycles. The highest BCUT2D eigenvalue weighted by Gasteiger charge is 2.12. The molecule has 3 nitrogen and oxygen atoms in total. The van der Waals surface area contributed by atoms with E-state index in [0.29, 0.717) is 5.69 Å². The van der Waals surface area contributed by atoms with Crippen molar-refractivity contribution in [2.45, 2.75) is 6.92 Å². The smallest absolute Gasteiger partial charge is 0.257 e. The van der Waals surface area contributed by atoms with Gasteiger partial charge in [0.05, 0.1) is 11.3 Å². The van der Waals surface area contributed by atoms with Gasteiger partial charge in [-0.1, -0.05) is 12.1 Å². The monoisotopic (exact) mass is 322 g/mol. The molecule has 5 heteroatoms. The summed E-state index contributed by atoms with van der Waals surface area (Å²) in [6, 6.07) is 9.23. The number of carbonyl (C=O) groups is 1. The van der Waals surface area contributed by atoms with Crippen molar-refractivity contribution < 1.29 is 9.18 Å². The fraction of sp³-hybridized carbons (Fsp3) is 0.0714. The molecule has 0 aliphatic heterocycles. The number of rotatable bonds is 2. The van der Waals surface area contributed by atoms with Crippen molar-refractivity contribution in [2.24, 2.45) is 0 Å². The molecule has 1 amide bonds. The Balaban J connectivity index is 2.28. The van der Waals surface area contributed by atoms with Crippen LogP contribution in [-0.4, -0.2) is 5.91 Å². The summed E-state index contributed by atoms with van der Waals surface area (Å²) in [6.45, 7) is 1.92. The minimum Gasteiger partial charge on any atom is -0.398 e. The van der Waals surface area contributed by atoms with Crippen LogP contribution >= 0.6 is 15.9 Å². The first kappa shape index (κ1) is 13.5. The van der Waals surface area contributed by atoms with E-state index in [1.54, 1.807) is 6.07 Å². The van der Waals surface area contributed by atoms with E-state index < -0.39 is 5.82 Å². The Morgan fingerprint density at radius 3 is 2.74 bits per heavy atom. The van der Waals surface area contributed by atoms with Gasteiger partial charge in [-0.15, -0.1) is 0 Å². The average Bonchev–Trinajstić information content (AvgIpc) is 2.34. The van der Waals surface area contributed by atoms with E-state index in [1.165, 1.54) is 12.1 Å². The van der Waals surface area contributed by atoms with E-state index in [1.807, 2.05) is 19.1 Å². The van der Waals surface area contributed by atoms with Gasteiger partial charge in [-0.25, -0.2) is 4.39 Å². The molecule has 0 saturated heterocycles. The van der Waals surface area contributed by atoms with Gasteiger partial charge >= 0.3 is 0 Å². The number of benzene rings is 2. The Kier molecular flexibility index (Phi) is 3.85. The number of nitrogens with one attached hydrogen (secondary N) is 1. The minimum absolute atomic E-state index is 0.112. The SMILES string of the molecule is Cc1cccc(NC(=O)c2ccc(F)cc2N)c1Br. The molecule has 2 aromatic carbocycles. The molecule has 2 aromatic rings. The molecule has 0 aliphatic rings. The lowest BCUT2D eigenvalue weighted by Gasteiger charge is -2.10. The Bertz CT molecular complexity index is 643. The second-order valence-corrected chi connectivity index (χ2v) is 4.92. The van der Waals surface area contributed by atoms with Crippen molar-refractivity contribution in [3.8, 4) is 0 Å². The van der Waals surface area contributed by atoms with E-state index in [4.69, 9.17) is 5.73 Å². The molecular formula is C14H12BrFN2O. The number of aryl methyl sites for hydroxylation is 1. The van der Waals surface area contributed by atoms with Gasteiger partial charge in [-0.05, 0) is 52.7 Å². The van der Waals surface area contributed by atoms with Crippen molar-refractivity contribution >= 4 is 33.2 Å². The standard InChI is InChI=1S/C14H12BrFN2O/c1-8-3-2-4-12(13(8)15)18-14(19)10-6-5-9(16)7-11(10)17/h2-7H,17H2,1H3,(H,18,19). The molecule has 0 fully saturated rings. The average molecular weight is 323 g/mol. The van der Waals surface area contributed by atoms with Crippen LogP contribution in [0.5, 0.6) is 0 Å². The molecule has 0 bridgehead atoms. The van der Waals surface area contributed by atoms with E-state index >= 15 is 0 Å². The third-order valence-electron chi connectivity index (χ3n) is 2.70. The number of halogens is 2. The number of amides is 1. The van der Waals surface area contributed by atoms with Crippen LogP contribution in [0, 0.1) is 12.7 Å². The molecule has 0 spiro atoms. The molecule has 3 N–H and O–H groups in total.